The molecule has 1 spiro atoms. The summed E-state index contributed by atoms with van der Waals surface area (Å²) in [4.78, 5) is 1.62. The molecule has 0 aromatic heterocycles. The van der Waals surface area contributed by atoms with Crippen LogP contribution in [0.15, 0.2) is 11.0 Å². The summed E-state index contributed by atoms with van der Waals surface area (Å²) < 4.78 is 18.5. The Labute approximate surface area is 140 Å². The molecule has 0 aromatic carbocycles. The first-order valence-corrected chi connectivity index (χ1v) is 13.2. The van der Waals surface area contributed by atoms with E-state index < -0.39 is 8.80 Å². The van der Waals surface area contributed by atoms with Gasteiger partial charge in [0.1, 0.15) is 0 Å². The molecule has 3 unspecified atom stereocenters. The summed E-state index contributed by atoms with van der Waals surface area (Å²) in [6, 6.07) is 0.981. The third-order valence-electron chi connectivity index (χ3n) is 4.50. The quantitative estimate of drug-likeness (QED) is 0.456. The van der Waals surface area contributed by atoms with Gasteiger partial charge in [-0.1, -0.05) is 16.9 Å². The summed E-state index contributed by atoms with van der Waals surface area (Å²) in [6.07, 6.45) is 5.11. The lowest BCUT2D eigenvalue weighted by molar-refractivity contribution is 0.0658. The molecule has 1 heterocycles. The number of hydrogen-bond acceptors (Lipinski definition) is 6. The fourth-order valence-electron chi connectivity index (χ4n) is 3.79. The molecule has 1 saturated heterocycles. The van der Waals surface area contributed by atoms with Gasteiger partial charge in [-0.25, -0.2) is 0 Å². The van der Waals surface area contributed by atoms with Crippen LogP contribution in [0, 0.1) is 11.8 Å². The van der Waals surface area contributed by atoms with Crippen molar-refractivity contribution in [3.8, 4) is 0 Å². The number of hydrogen-bond donors (Lipinski definition) is 0. The number of fused-ring (bicyclic) bond motifs is 1. The van der Waals surface area contributed by atoms with Crippen LogP contribution in [-0.2, 0) is 13.3 Å². The first-order valence-electron chi connectivity index (χ1n) is 7.83. The highest BCUT2D eigenvalue weighted by atomic mass is 33.5. The molecule has 120 valence electrons. The molecule has 2 bridgehead atoms. The maximum Gasteiger partial charge on any atom is 0.501 e. The molecule has 1 aliphatic heterocycles. The van der Waals surface area contributed by atoms with Gasteiger partial charge >= 0.3 is 8.80 Å². The Morgan fingerprint density at radius 3 is 2.43 bits per heavy atom. The van der Waals surface area contributed by atoms with E-state index in [0.29, 0.717) is 36.4 Å². The van der Waals surface area contributed by atoms with Gasteiger partial charge in [0.2, 0.25) is 0 Å². The molecule has 0 radical (unpaired) electrons. The summed E-state index contributed by atoms with van der Waals surface area (Å²) in [6.45, 7) is 8.15. The molecule has 0 aromatic rings. The van der Waals surface area contributed by atoms with Gasteiger partial charge in [-0.2, -0.15) is 0 Å². The van der Waals surface area contributed by atoms with Crippen LogP contribution in [0.4, 0.5) is 0 Å². The molecule has 3 atom stereocenters. The van der Waals surface area contributed by atoms with Crippen LogP contribution in [-0.4, -0.2) is 33.4 Å². The second-order valence-electron chi connectivity index (χ2n) is 5.78. The minimum Gasteiger partial charge on any atom is -0.374 e. The van der Waals surface area contributed by atoms with E-state index in [4.69, 9.17) is 13.3 Å². The molecule has 2 fully saturated rings. The minimum absolute atomic E-state index is 0.412. The maximum absolute atomic E-state index is 6.05. The lowest BCUT2D eigenvalue weighted by atomic mass is 9.95. The summed E-state index contributed by atoms with van der Waals surface area (Å²) >= 11 is 0. The standard InChI is InChI=1S/C14H24O3S3Si/c1-4-15-21(16-5-2,17-6-3)10-12-9-14-8-11(12)7-13(14)18-20-19-14/h7,11-12H,4-6,8-10H2,1-3H3. The Morgan fingerprint density at radius 2 is 1.81 bits per heavy atom. The molecular weight excluding hydrogens is 340 g/mol. The molecule has 3 nitrogen and oxygen atoms in total. The second-order valence-corrected chi connectivity index (χ2v) is 12.7. The molecule has 0 N–H and O–H groups in total. The molecule has 1 saturated carbocycles. The van der Waals surface area contributed by atoms with E-state index >= 15 is 0 Å². The summed E-state index contributed by atoms with van der Waals surface area (Å²) in [7, 11) is 3.50. The van der Waals surface area contributed by atoms with Crippen LogP contribution in [0.1, 0.15) is 33.6 Å². The van der Waals surface area contributed by atoms with Gasteiger partial charge in [0, 0.05) is 30.8 Å². The number of allylic oxidation sites excluding steroid dienone is 1. The van der Waals surface area contributed by atoms with Gasteiger partial charge in [-0.15, -0.1) is 0 Å². The molecule has 3 aliphatic rings. The van der Waals surface area contributed by atoms with Crippen LogP contribution in [0.25, 0.3) is 0 Å². The third-order valence-corrected chi connectivity index (χ3v) is 12.7. The zero-order valence-electron chi connectivity index (χ0n) is 12.9. The van der Waals surface area contributed by atoms with Crippen LogP contribution in [0.5, 0.6) is 0 Å². The fourth-order valence-corrected chi connectivity index (χ4v) is 13.0. The van der Waals surface area contributed by atoms with E-state index in [1.807, 2.05) is 41.4 Å². The van der Waals surface area contributed by atoms with E-state index in [1.165, 1.54) is 12.8 Å². The van der Waals surface area contributed by atoms with Crippen molar-refractivity contribution in [2.75, 3.05) is 19.8 Å². The van der Waals surface area contributed by atoms with Crippen molar-refractivity contribution < 1.29 is 13.3 Å². The Kier molecular flexibility index (Phi) is 5.41. The van der Waals surface area contributed by atoms with Crippen molar-refractivity contribution in [3.05, 3.63) is 11.0 Å². The highest BCUT2D eigenvalue weighted by Gasteiger charge is 2.58. The molecule has 2 aliphatic carbocycles. The van der Waals surface area contributed by atoms with Crippen LogP contribution in [0.3, 0.4) is 0 Å². The average molecular weight is 365 g/mol. The molecular formula is C14H24O3S3Si. The summed E-state index contributed by atoms with van der Waals surface area (Å²) in [5.41, 5.74) is 0. The monoisotopic (exact) mass is 364 g/mol. The smallest absolute Gasteiger partial charge is 0.374 e. The Balaban J connectivity index is 1.72. The Hall–Kier alpha value is 0.887. The van der Waals surface area contributed by atoms with E-state index in [1.54, 1.807) is 4.91 Å². The second kappa shape index (κ2) is 6.79. The lowest BCUT2D eigenvalue weighted by Crippen LogP contribution is -2.48. The average Bonchev–Trinajstić information content (AvgIpc) is 3.06. The van der Waals surface area contributed by atoms with Crippen LogP contribution < -0.4 is 0 Å². The Morgan fingerprint density at radius 1 is 1.14 bits per heavy atom. The molecule has 0 amide bonds. The van der Waals surface area contributed by atoms with E-state index in [0.717, 1.165) is 6.04 Å². The largest absolute Gasteiger partial charge is 0.501 e. The third kappa shape index (κ3) is 3.12. The summed E-state index contributed by atoms with van der Waals surface area (Å²) in [5, 5.41) is 0. The van der Waals surface area contributed by atoms with Gasteiger partial charge in [0.05, 0.1) is 4.75 Å². The van der Waals surface area contributed by atoms with E-state index in [2.05, 4.69) is 16.9 Å². The SMILES string of the molecule is CCO[Si](CC1CC23CC1C=C2SSS3)(OCC)OCC. The maximum atomic E-state index is 6.05. The normalized spacial score (nSPS) is 34.3. The summed E-state index contributed by atoms with van der Waals surface area (Å²) in [5.74, 6) is 1.37. The van der Waals surface area contributed by atoms with Gasteiger partial charge in [0.25, 0.3) is 0 Å². The van der Waals surface area contributed by atoms with Crippen molar-refractivity contribution in [1.29, 1.82) is 0 Å². The first-order chi connectivity index (χ1) is 10.2. The van der Waals surface area contributed by atoms with Gasteiger partial charge in [0.15, 0.2) is 0 Å². The molecule has 21 heavy (non-hydrogen) atoms. The minimum atomic E-state index is -2.50. The van der Waals surface area contributed by atoms with Crippen LogP contribution >= 0.6 is 31.4 Å². The lowest BCUT2D eigenvalue weighted by Gasteiger charge is -2.33. The van der Waals surface area contributed by atoms with Crippen molar-refractivity contribution in [2.24, 2.45) is 11.8 Å². The van der Waals surface area contributed by atoms with Crippen LogP contribution in [0.2, 0.25) is 6.04 Å². The molecule has 3 rings (SSSR count). The van der Waals surface area contributed by atoms with Crippen molar-refractivity contribution in [3.63, 3.8) is 0 Å². The van der Waals surface area contributed by atoms with Crippen molar-refractivity contribution in [2.45, 2.75) is 44.4 Å². The molecule has 7 heteroatoms. The zero-order chi connectivity index (χ0) is 14.9. The van der Waals surface area contributed by atoms with Crippen molar-refractivity contribution >= 4 is 40.2 Å². The fraction of sp³-hybridized carbons (Fsp3) is 0.857. The van der Waals surface area contributed by atoms with Gasteiger partial charge < -0.3 is 13.3 Å². The first kappa shape index (κ1) is 16.7. The highest BCUT2D eigenvalue weighted by molar-refractivity contribution is 9.12. The van der Waals surface area contributed by atoms with Gasteiger partial charge in [-0.3, -0.25) is 0 Å². The van der Waals surface area contributed by atoms with E-state index in [9.17, 15) is 0 Å². The highest BCUT2D eigenvalue weighted by Crippen LogP contribution is 2.72. The topological polar surface area (TPSA) is 27.7 Å². The van der Waals surface area contributed by atoms with Crippen molar-refractivity contribution in [1.82, 2.24) is 0 Å². The predicted octanol–water partition coefficient (Wildman–Crippen LogP) is 4.74. The Bertz CT molecular complexity index is 403. The number of rotatable bonds is 8. The zero-order valence-corrected chi connectivity index (χ0v) is 16.4. The predicted molar refractivity (Wildman–Crippen MR) is 95.2 cm³/mol. The van der Waals surface area contributed by atoms with E-state index in [-0.39, 0.29) is 0 Å². The van der Waals surface area contributed by atoms with Gasteiger partial charge in [-0.05, 0) is 66.1 Å².